The number of nitriles is 1. The number of hydrogen-bond donors (Lipinski definition) is 0. The highest BCUT2D eigenvalue weighted by molar-refractivity contribution is 5.95. The lowest BCUT2D eigenvalue weighted by Crippen LogP contribution is -2.01. The summed E-state index contributed by atoms with van der Waals surface area (Å²) in [5.74, 6) is -0.00909. The summed E-state index contributed by atoms with van der Waals surface area (Å²) >= 11 is 0. The fourth-order valence-corrected chi connectivity index (χ4v) is 1.72. The number of carbonyl (C=O) groups is 1. The lowest BCUT2D eigenvalue weighted by atomic mass is 10.2. The first-order valence-electron chi connectivity index (χ1n) is 5.19. The molecule has 0 atom stereocenters. The van der Waals surface area contributed by atoms with Crippen molar-refractivity contribution in [3.63, 3.8) is 0 Å². The van der Waals surface area contributed by atoms with Crippen molar-refractivity contribution >= 4 is 5.78 Å². The van der Waals surface area contributed by atoms with E-state index < -0.39 is 0 Å². The van der Waals surface area contributed by atoms with Crippen LogP contribution in [0, 0.1) is 18.3 Å². The Balaban J connectivity index is 2.54. The van der Waals surface area contributed by atoms with E-state index in [1.165, 1.54) is 6.92 Å². The molecule has 0 N–H and O–H groups in total. The molecule has 2 aromatic rings. The quantitative estimate of drug-likeness (QED) is 0.736. The molecular formula is C13H11N3O. The molecule has 0 radical (unpaired) electrons. The molecule has 0 spiro atoms. The van der Waals surface area contributed by atoms with Gasteiger partial charge in [-0.1, -0.05) is 6.07 Å². The molecule has 4 heteroatoms. The van der Waals surface area contributed by atoms with Gasteiger partial charge in [-0.25, -0.2) is 4.68 Å². The van der Waals surface area contributed by atoms with Crippen molar-refractivity contribution in [1.29, 1.82) is 5.26 Å². The zero-order valence-corrected chi connectivity index (χ0v) is 9.64. The second-order valence-electron chi connectivity index (χ2n) is 3.77. The smallest absolute Gasteiger partial charge is 0.163 e. The second kappa shape index (κ2) is 4.22. The number of benzene rings is 1. The molecular weight excluding hydrogens is 214 g/mol. The number of carbonyl (C=O) groups excluding carboxylic acids is 1. The summed E-state index contributed by atoms with van der Waals surface area (Å²) in [6, 6.07) is 9.19. The Morgan fingerprint density at radius 3 is 2.82 bits per heavy atom. The Morgan fingerprint density at radius 2 is 2.24 bits per heavy atom. The molecule has 0 amide bonds. The van der Waals surface area contributed by atoms with E-state index in [2.05, 4.69) is 11.2 Å². The lowest BCUT2D eigenvalue weighted by molar-refractivity contribution is 0.101. The lowest BCUT2D eigenvalue weighted by Gasteiger charge is -2.04. The van der Waals surface area contributed by atoms with Crippen LogP contribution in [0.5, 0.6) is 0 Å². The molecule has 0 saturated heterocycles. The zero-order chi connectivity index (χ0) is 12.4. The molecule has 0 unspecified atom stereocenters. The molecule has 17 heavy (non-hydrogen) atoms. The average molecular weight is 225 g/mol. The van der Waals surface area contributed by atoms with Gasteiger partial charge in [0.2, 0.25) is 0 Å². The van der Waals surface area contributed by atoms with Crippen molar-refractivity contribution in [3.8, 4) is 11.8 Å². The van der Waals surface area contributed by atoms with Crippen LogP contribution in [0.25, 0.3) is 5.69 Å². The van der Waals surface area contributed by atoms with E-state index >= 15 is 0 Å². The van der Waals surface area contributed by atoms with Gasteiger partial charge in [-0.2, -0.15) is 10.4 Å². The maximum absolute atomic E-state index is 11.3. The van der Waals surface area contributed by atoms with E-state index in [-0.39, 0.29) is 5.78 Å². The van der Waals surface area contributed by atoms with Gasteiger partial charge in [-0.05, 0) is 32.0 Å². The van der Waals surface area contributed by atoms with Gasteiger partial charge in [0.1, 0.15) is 0 Å². The van der Waals surface area contributed by atoms with E-state index in [0.717, 1.165) is 11.4 Å². The Bertz CT molecular complexity index is 620. The van der Waals surface area contributed by atoms with Gasteiger partial charge in [0.25, 0.3) is 0 Å². The van der Waals surface area contributed by atoms with Gasteiger partial charge >= 0.3 is 0 Å². The summed E-state index contributed by atoms with van der Waals surface area (Å²) in [4.78, 5) is 11.3. The molecule has 0 fully saturated rings. The Kier molecular flexibility index (Phi) is 2.75. The van der Waals surface area contributed by atoms with Gasteiger partial charge in [-0.15, -0.1) is 0 Å². The predicted molar refractivity (Wildman–Crippen MR) is 63.0 cm³/mol. The molecule has 0 aliphatic rings. The summed E-state index contributed by atoms with van der Waals surface area (Å²) in [5, 5.41) is 13.0. The summed E-state index contributed by atoms with van der Waals surface area (Å²) in [6.07, 6.45) is 1.55. The topological polar surface area (TPSA) is 58.7 Å². The highest BCUT2D eigenvalue weighted by Crippen LogP contribution is 2.15. The fourth-order valence-electron chi connectivity index (χ4n) is 1.72. The Labute approximate surface area is 99.1 Å². The third-order valence-corrected chi connectivity index (χ3v) is 2.61. The van der Waals surface area contributed by atoms with Crippen molar-refractivity contribution in [2.45, 2.75) is 13.8 Å². The summed E-state index contributed by atoms with van der Waals surface area (Å²) in [5.41, 5.74) is 2.75. The maximum Gasteiger partial charge on any atom is 0.163 e. The van der Waals surface area contributed by atoms with Crippen molar-refractivity contribution in [2.75, 3.05) is 0 Å². The zero-order valence-electron chi connectivity index (χ0n) is 9.64. The van der Waals surface area contributed by atoms with E-state index in [1.807, 2.05) is 13.0 Å². The second-order valence-corrected chi connectivity index (χ2v) is 3.77. The van der Waals surface area contributed by atoms with Crippen LogP contribution >= 0.6 is 0 Å². The molecule has 1 aromatic heterocycles. The molecule has 0 aliphatic heterocycles. The molecule has 1 heterocycles. The number of ketones is 1. The van der Waals surface area contributed by atoms with E-state index in [1.54, 1.807) is 29.1 Å². The molecule has 0 saturated carbocycles. The van der Waals surface area contributed by atoms with Gasteiger partial charge in [-0.3, -0.25) is 4.79 Å². The van der Waals surface area contributed by atoms with E-state index in [9.17, 15) is 4.79 Å². The molecule has 4 nitrogen and oxygen atoms in total. The van der Waals surface area contributed by atoms with Gasteiger partial charge in [0.05, 0.1) is 34.8 Å². The van der Waals surface area contributed by atoms with Crippen LogP contribution in [0.1, 0.15) is 28.5 Å². The van der Waals surface area contributed by atoms with E-state index in [4.69, 9.17) is 5.26 Å². The number of rotatable bonds is 2. The SMILES string of the molecule is CC(=O)c1cnn(-c2cccc(C#N)c2)c1C. The Morgan fingerprint density at radius 1 is 1.47 bits per heavy atom. The van der Waals surface area contributed by atoms with Gasteiger partial charge in [0.15, 0.2) is 5.78 Å². The van der Waals surface area contributed by atoms with Crippen LogP contribution < -0.4 is 0 Å². The van der Waals surface area contributed by atoms with Crippen LogP contribution in [-0.4, -0.2) is 15.6 Å². The maximum atomic E-state index is 11.3. The average Bonchev–Trinajstić information content (AvgIpc) is 2.71. The molecule has 0 aliphatic carbocycles. The number of Topliss-reactive ketones (excluding diaryl/α,β-unsaturated/α-hetero) is 1. The summed E-state index contributed by atoms with van der Waals surface area (Å²) in [7, 11) is 0. The Hall–Kier alpha value is -2.41. The molecule has 2 rings (SSSR count). The first kappa shape index (κ1) is 11.1. The third kappa shape index (κ3) is 1.95. The molecule has 0 bridgehead atoms. The van der Waals surface area contributed by atoms with Crippen molar-refractivity contribution in [1.82, 2.24) is 9.78 Å². The minimum Gasteiger partial charge on any atom is -0.294 e. The van der Waals surface area contributed by atoms with Crippen molar-refractivity contribution in [3.05, 3.63) is 47.3 Å². The van der Waals surface area contributed by atoms with Crippen molar-refractivity contribution in [2.24, 2.45) is 0 Å². The van der Waals surface area contributed by atoms with Gasteiger partial charge in [0, 0.05) is 0 Å². The minimum absolute atomic E-state index is 0.00909. The fraction of sp³-hybridized carbons (Fsp3) is 0.154. The monoisotopic (exact) mass is 225 g/mol. The van der Waals surface area contributed by atoms with Crippen LogP contribution in [0.15, 0.2) is 30.5 Å². The third-order valence-electron chi connectivity index (χ3n) is 2.61. The van der Waals surface area contributed by atoms with Crippen LogP contribution in [-0.2, 0) is 0 Å². The van der Waals surface area contributed by atoms with Gasteiger partial charge < -0.3 is 0 Å². The highest BCUT2D eigenvalue weighted by Gasteiger charge is 2.11. The molecule has 1 aromatic carbocycles. The summed E-state index contributed by atoms with van der Waals surface area (Å²) < 4.78 is 1.66. The number of aromatic nitrogens is 2. The number of hydrogen-bond acceptors (Lipinski definition) is 3. The molecule has 84 valence electrons. The van der Waals surface area contributed by atoms with Crippen LogP contribution in [0.3, 0.4) is 0 Å². The van der Waals surface area contributed by atoms with E-state index in [0.29, 0.717) is 11.1 Å². The number of nitrogens with zero attached hydrogens (tertiary/aromatic N) is 3. The van der Waals surface area contributed by atoms with Crippen LogP contribution in [0.4, 0.5) is 0 Å². The first-order chi connectivity index (χ1) is 8.13. The predicted octanol–water partition coefficient (Wildman–Crippen LogP) is 2.25. The minimum atomic E-state index is -0.00909. The van der Waals surface area contributed by atoms with Crippen molar-refractivity contribution < 1.29 is 4.79 Å². The summed E-state index contributed by atoms with van der Waals surface area (Å²) in [6.45, 7) is 3.35. The normalized spacial score (nSPS) is 9.94. The van der Waals surface area contributed by atoms with Crippen LogP contribution in [0.2, 0.25) is 0 Å². The standard InChI is InChI=1S/C13H11N3O/c1-9-13(10(2)17)8-15-16(9)12-5-3-4-11(6-12)7-14/h3-6,8H,1-2H3. The largest absolute Gasteiger partial charge is 0.294 e. The highest BCUT2D eigenvalue weighted by atomic mass is 16.1. The first-order valence-corrected chi connectivity index (χ1v) is 5.19.